The molecule has 0 radical (unpaired) electrons. The third-order valence-corrected chi connectivity index (χ3v) is 7.03. The second-order valence-electron chi connectivity index (χ2n) is 11.0. The van der Waals surface area contributed by atoms with Gasteiger partial charge >= 0.3 is 0 Å². The molecule has 214 valence electrons. The van der Waals surface area contributed by atoms with E-state index in [1.807, 2.05) is 44.3 Å². The number of guanidine groups is 1. The Kier molecular flexibility index (Phi) is 11.7. The van der Waals surface area contributed by atoms with Crippen molar-refractivity contribution in [2.45, 2.75) is 78.7 Å². The maximum absolute atomic E-state index is 13.8. The molecular formula is C29H44N6O4. The number of carbonyl (C=O) groups excluding carboxylic acids is 4. The van der Waals surface area contributed by atoms with Crippen LogP contribution in [0.25, 0.3) is 10.9 Å². The lowest BCUT2D eigenvalue weighted by atomic mass is 9.77. The number of para-hydroxylation sites is 1. The second kappa shape index (κ2) is 14.5. The molecular weight excluding hydrogens is 496 g/mol. The summed E-state index contributed by atoms with van der Waals surface area (Å²) in [5.41, 5.74) is 17.2. The summed E-state index contributed by atoms with van der Waals surface area (Å²) in [4.78, 5) is 59.1. The van der Waals surface area contributed by atoms with E-state index >= 15 is 0 Å². The Morgan fingerprint density at radius 3 is 2.41 bits per heavy atom. The number of rotatable bonds is 17. The van der Waals surface area contributed by atoms with Gasteiger partial charge in [0, 0.05) is 48.8 Å². The zero-order valence-electron chi connectivity index (χ0n) is 23.6. The Labute approximate surface area is 230 Å². The van der Waals surface area contributed by atoms with Crippen LogP contribution in [0.5, 0.6) is 0 Å². The van der Waals surface area contributed by atoms with E-state index in [1.165, 1.54) is 0 Å². The van der Waals surface area contributed by atoms with Crippen molar-refractivity contribution in [3.63, 3.8) is 0 Å². The zero-order valence-corrected chi connectivity index (χ0v) is 23.6. The number of fused-ring (bicyclic) bond motifs is 1. The molecule has 0 fully saturated rings. The molecule has 0 aliphatic heterocycles. The van der Waals surface area contributed by atoms with Crippen LogP contribution < -0.4 is 22.5 Å². The Hall–Kier alpha value is -3.69. The molecule has 0 aliphatic carbocycles. The van der Waals surface area contributed by atoms with E-state index in [1.54, 1.807) is 13.8 Å². The highest BCUT2D eigenvalue weighted by Gasteiger charge is 2.38. The number of hydrogen-bond acceptors (Lipinski definition) is 5. The van der Waals surface area contributed by atoms with Crippen LogP contribution in [0, 0.1) is 17.3 Å². The van der Waals surface area contributed by atoms with Gasteiger partial charge in [0.15, 0.2) is 11.7 Å². The average molecular weight is 541 g/mol. The second-order valence-corrected chi connectivity index (χ2v) is 11.0. The van der Waals surface area contributed by atoms with Crippen molar-refractivity contribution in [2.24, 2.45) is 39.4 Å². The number of amides is 2. The largest absolute Gasteiger partial charge is 0.370 e. The van der Waals surface area contributed by atoms with Crippen LogP contribution in [-0.2, 0) is 25.6 Å². The summed E-state index contributed by atoms with van der Waals surface area (Å²) in [6.07, 6.45) is 3.60. The van der Waals surface area contributed by atoms with Crippen molar-refractivity contribution >= 4 is 40.2 Å². The number of benzene rings is 1. The molecule has 0 spiro atoms. The maximum Gasteiger partial charge on any atom is 0.227 e. The first kappa shape index (κ1) is 31.5. The summed E-state index contributed by atoms with van der Waals surface area (Å²) in [5, 5.41) is 3.89. The SMILES string of the molecule is CCC(=O)C[C@@](C)(Cc1c[nH]c2ccccc12)C(=O)N[C@@H](CCCN=C(N)N)C(=O)C[C@@H](CC(C)C)C(N)=O. The third kappa shape index (κ3) is 9.53. The van der Waals surface area contributed by atoms with Gasteiger partial charge in [-0.15, -0.1) is 0 Å². The molecule has 2 aromatic rings. The van der Waals surface area contributed by atoms with Crippen LogP contribution in [0.15, 0.2) is 35.5 Å². The summed E-state index contributed by atoms with van der Waals surface area (Å²) < 4.78 is 0. The van der Waals surface area contributed by atoms with Gasteiger partial charge in [-0.2, -0.15) is 0 Å². The number of carbonyl (C=O) groups is 4. The van der Waals surface area contributed by atoms with E-state index in [2.05, 4.69) is 15.3 Å². The van der Waals surface area contributed by atoms with Gasteiger partial charge in [0.05, 0.1) is 11.5 Å². The monoisotopic (exact) mass is 540 g/mol. The smallest absolute Gasteiger partial charge is 0.227 e. The third-order valence-electron chi connectivity index (χ3n) is 7.03. The number of nitrogens with two attached hydrogens (primary N) is 3. The van der Waals surface area contributed by atoms with E-state index in [-0.39, 0.29) is 49.3 Å². The fourth-order valence-corrected chi connectivity index (χ4v) is 4.89. The number of nitrogens with zero attached hydrogens (tertiary/aromatic N) is 1. The highest BCUT2D eigenvalue weighted by atomic mass is 16.2. The highest BCUT2D eigenvalue weighted by molar-refractivity contribution is 5.95. The molecule has 1 aromatic carbocycles. The van der Waals surface area contributed by atoms with E-state index in [0.29, 0.717) is 25.7 Å². The summed E-state index contributed by atoms with van der Waals surface area (Å²) in [5.74, 6) is -1.78. The molecule has 2 rings (SSSR count). The fourth-order valence-electron chi connectivity index (χ4n) is 4.89. The lowest BCUT2D eigenvalue weighted by Crippen LogP contribution is -2.49. The number of aromatic nitrogens is 1. The van der Waals surface area contributed by atoms with Crippen molar-refractivity contribution in [1.82, 2.24) is 10.3 Å². The van der Waals surface area contributed by atoms with E-state index in [0.717, 1.165) is 16.5 Å². The van der Waals surface area contributed by atoms with Gasteiger partial charge in [-0.05, 0) is 43.2 Å². The van der Waals surface area contributed by atoms with Gasteiger partial charge in [-0.25, -0.2) is 0 Å². The van der Waals surface area contributed by atoms with Crippen LogP contribution in [0.4, 0.5) is 0 Å². The molecule has 39 heavy (non-hydrogen) atoms. The number of primary amides is 1. The number of Topliss-reactive ketones (excluding diaryl/α,β-unsaturated/α-hetero) is 2. The first-order chi connectivity index (χ1) is 18.4. The van der Waals surface area contributed by atoms with Crippen LogP contribution in [0.3, 0.4) is 0 Å². The predicted octanol–water partition coefficient (Wildman–Crippen LogP) is 2.73. The number of aliphatic imine (C=N–C) groups is 1. The number of H-pyrrole nitrogens is 1. The molecule has 0 saturated carbocycles. The highest BCUT2D eigenvalue weighted by Crippen LogP contribution is 2.32. The van der Waals surface area contributed by atoms with Gasteiger partial charge in [0.25, 0.3) is 0 Å². The van der Waals surface area contributed by atoms with Gasteiger partial charge in [-0.1, -0.05) is 45.9 Å². The molecule has 10 nitrogen and oxygen atoms in total. The van der Waals surface area contributed by atoms with Crippen molar-refractivity contribution in [3.8, 4) is 0 Å². The topological polar surface area (TPSA) is 187 Å². The van der Waals surface area contributed by atoms with Gasteiger partial charge in [0.1, 0.15) is 5.78 Å². The van der Waals surface area contributed by atoms with Gasteiger partial charge in [0.2, 0.25) is 11.8 Å². The average Bonchev–Trinajstić information content (AvgIpc) is 3.26. The first-order valence-electron chi connectivity index (χ1n) is 13.6. The normalized spacial score (nSPS) is 14.4. The number of nitrogens with one attached hydrogen (secondary N) is 2. The molecule has 2 amide bonds. The molecule has 0 bridgehead atoms. The van der Waals surface area contributed by atoms with Crippen LogP contribution in [0.2, 0.25) is 0 Å². The lowest BCUT2D eigenvalue weighted by molar-refractivity contribution is -0.137. The standard InChI is InChI=1S/C29H44N6O4/c1-5-21(36)16-29(4,15-20-17-34-23-10-7-6-9-22(20)23)27(39)35-24(11-8-12-33-28(31)32)25(37)14-19(26(30)38)13-18(2)3/h6-7,9-10,17-19,24,34H,5,8,11-16H2,1-4H3,(H2,30,38)(H,35,39)(H4,31,32,33)/t19-,24+,29-/m1/s1. The number of aromatic amines is 1. The molecule has 0 saturated heterocycles. The quantitative estimate of drug-likeness (QED) is 0.117. The van der Waals surface area contributed by atoms with Gasteiger partial charge < -0.3 is 27.5 Å². The van der Waals surface area contributed by atoms with Gasteiger partial charge in [-0.3, -0.25) is 24.2 Å². The molecule has 0 unspecified atom stereocenters. The number of hydrogen-bond donors (Lipinski definition) is 5. The van der Waals surface area contributed by atoms with Crippen LogP contribution in [-0.4, -0.2) is 46.9 Å². The minimum atomic E-state index is -1.10. The minimum absolute atomic E-state index is 0.0288. The van der Waals surface area contributed by atoms with Crippen LogP contribution in [0.1, 0.15) is 71.8 Å². The summed E-state index contributed by atoms with van der Waals surface area (Å²) >= 11 is 0. The molecule has 3 atom stereocenters. The lowest BCUT2D eigenvalue weighted by Gasteiger charge is -2.30. The van der Waals surface area contributed by atoms with E-state index in [9.17, 15) is 19.2 Å². The van der Waals surface area contributed by atoms with E-state index < -0.39 is 29.2 Å². The van der Waals surface area contributed by atoms with Crippen molar-refractivity contribution in [3.05, 3.63) is 36.0 Å². The minimum Gasteiger partial charge on any atom is -0.370 e. The maximum atomic E-state index is 13.8. The predicted molar refractivity (Wildman–Crippen MR) is 154 cm³/mol. The molecule has 0 aliphatic rings. The van der Waals surface area contributed by atoms with Crippen molar-refractivity contribution in [1.29, 1.82) is 0 Å². The Balaban J connectivity index is 2.33. The summed E-state index contributed by atoms with van der Waals surface area (Å²) in [6, 6.07) is 6.89. The Bertz CT molecular complexity index is 1180. The molecule has 8 N–H and O–H groups in total. The molecule has 1 aromatic heterocycles. The molecule has 1 heterocycles. The van der Waals surface area contributed by atoms with E-state index in [4.69, 9.17) is 17.2 Å². The number of ketones is 2. The molecule has 10 heteroatoms. The summed E-state index contributed by atoms with van der Waals surface area (Å²) in [6.45, 7) is 7.71. The first-order valence-corrected chi connectivity index (χ1v) is 13.6. The Morgan fingerprint density at radius 2 is 1.79 bits per heavy atom. The fraction of sp³-hybridized carbons (Fsp3) is 0.552. The van der Waals surface area contributed by atoms with Crippen molar-refractivity contribution in [2.75, 3.05) is 6.54 Å². The van der Waals surface area contributed by atoms with Crippen LogP contribution >= 0.6 is 0 Å². The van der Waals surface area contributed by atoms with Crippen molar-refractivity contribution < 1.29 is 19.2 Å². The summed E-state index contributed by atoms with van der Waals surface area (Å²) in [7, 11) is 0. The Morgan fingerprint density at radius 1 is 1.10 bits per heavy atom. The zero-order chi connectivity index (χ0) is 29.2.